The molecule has 0 unspecified atom stereocenters. The largest absolute Gasteiger partial charge is 0.444 e. The predicted molar refractivity (Wildman–Crippen MR) is 70.2 cm³/mol. The van der Waals surface area contributed by atoms with Crippen molar-refractivity contribution in [2.24, 2.45) is 0 Å². The van der Waals surface area contributed by atoms with Gasteiger partial charge in [0.1, 0.15) is 12.1 Å². The first-order chi connectivity index (χ1) is 9.70. The van der Waals surface area contributed by atoms with Crippen molar-refractivity contribution in [3.63, 3.8) is 0 Å². The highest BCUT2D eigenvalue weighted by Crippen LogP contribution is 2.20. The van der Waals surface area contributed by atoms with Crippen molar-refractivity contribution in [2.45, 2.75) is 6.54 Å². The maximum absolute atomic E-state index is 13.2. The summed E-state index contributed by atoms with van der Waals surface area (Å²) in [5.74, 6) is 0.0843. The molecule has 3 rings (SSSR count). The third kappa shape index (κ3) is 2.85. The van der Waals surface area contributed by atoms with E-state index in [1.807, 2.05) is 4.90 Å². The number of oxazole rings is 1. The second-order valence-electron chi connectivity index (χ2n) is 4.71. The summed E-state index contributed by atoms with van der Waals surface area (Å²) in [6.07, 6.45) is 1.55. The molecule has 1 aromatic heterocycles. The van der Waals surface area contributed by atoms with Crippen LogP contribution in [0.15, 0.2) is 34.9 Å². The fraction of sp³-hybridized carbons (Fsp3) is 0.286. The monoisotopic (exact) mass is 275 g/mol. The van der Waals surface area contributed by atoms with Crippen molar-refractivity contribution in [3.8, 4) is 11.5 Å². The number of rotatable bonds is 3. The summed E-state index contributed by atoms with van der Waals surface area (Å²) in [6, 6.07) is 6.11. The van der Waals surface area contributed by atoms with Gasteiger partial charge in [-0.3, -0.25) is 9.69 Å². The first-order valence-corrected chi connectivity index (χ1v) is 6.40. The van der Waals surface area contributed by atoms with E-state index in [9.17, 15) is 9.18 Å². The molecule has 1 amide bonds. The maximum atomic E-state index is 13.2. The van der Waals surface area contributed by atoms with Crippen molar-refractivity contribution in [2.75, 3.05) is 19.6 Å². The quantitative estimate of drug-likeness (QED) is 0.920. The zero-order valence-corrected chi connectivity index (χ0v) is 10.8. The molecule has 0 spiro atoms. The number of nitrogens with one attached hydrogen (secondary N) is 1. The number of carbonyl (C=O) groups is 1. The van der Waals surface area contributed by atoms with Gasteiger partial charge < -0.3 is 9.73 Å². The van der Waals surface area contributed by atoms with Crippen LogP contribution in [0.5, 0.6) is 0 Å². The Labute approximate surface area is 115 Å². The van der Waals surface area contributed by atoms with E-state index < -0.39 is 0 Å². The maximum Gasteiger partial charge on any atom is 0.234 e. The van der Waals surface area contributed by atoms with Gasteiger partial charge in [-0.2, -0.15) is 0 Å². The van der Waals surface area contributed by atoms with Crippen LogP contribution in [0.1, 0.15) is 5.69 Å². The Kier molecular flexibility index (Phi) is 3.47. The highest BCUT2D eigenvalue weighted by molar-refractivity contribution is 5.78. The van der Waals surface area contributed by atoms with Gasteiger partial charge in [0.05, 0.1) is 12.2 Å². The van der Waals surface area contributed by atoms with Crippen LogP contribution < -0.4 is 5.32 Å². The molecule has 0 bridgehead atoms. The molecule has 2 heterocycles. The Bertz CT molecular complexity index is 626. The molecule has 0 aliphatic carbocycles. The summed E-state index contributed by atoms with van der Waals surface area (Å²) in [5.41, 5.74) is 1.34. The smallest absolute Gasteiger partial charge is 0.234 e. The third-order valence-corrected chi connectivity index (χ3v) is 3.13. The number of carbonyl (C=O) groups excluding carboxylic acids is 1. The van der Waals surface area contributed by atoms with Gasteiger partial charge in [-0.25, -0.2) is 9.37 Å². The molecule has 0 saturated carbocycles. The SMILES string of the molecule is O=C1CN(Cc2coc(-c3cccc(F)c3)n2)CCN1. The standard InChI is InChI=1S/C14H14FN3O2/c15-11-3-1-2-10(6-11)14-17-12(9-20-14)7-18-5-4-16-13(19)8-18/h1-3,6,9H,4-5,7-8H2,(H,16,19). The van der Waals surface area contributed by atoms with Crippen molar-refractivity contribution in [3.05, 3.63) is 42.0 Å². The number of amides is 1. The minimum Gasteiger partial charge on any atom is -0.444 e. The van der Waals surface area contributed by atoms with E-state index in [0.29, 0.717) is 31.1 Å². The molecular weight excluding hydrogens is 261 g/mol. The Morgan fingerprint density at radius 1 is 1.45 bits per heavy atom. The second-order valence-corrected chi connectivity index (χ2v) is 4.71. The molecule has 20 heavy (non-hydrogen) atoms. The minimum absolute atomic E-state index is 0.0186. The van der Waals surface area contributed by atoms with Crippen LogP contribution in [-0.2, 0) is 11.3 Å². The lowest BCUT2D eigenvalue weighted by Crippen LogP contribution is -2.47. The van der Waals surface area contributed by atoms with E-state index in [2.05, 4.69) is 10.3 Å². The van der Waals surface area contributed by atoms with Crippen molar-refractivity contribution in [1.82, 2.24) is 15.2 Å². The highest BCUT2D eigenvalue weighted by Gasteiger charge is 2.17. The number of aromatic nitrogens is 1. The summed E-state index contributed by atoms with van der Waals surface area (Å²) >= 11 is 0. The molecule has 1 fully saturated rings. The molecule has 1 aliphatic rings. The lowest BCUT2D eigenvalue weighted by atomic mass is 10.2. The van der Waals surface area contributed by atoms with E-state index in [4.69, 9.17) is 4.42 Å². The zero-order valence-electron chi connectivity index (χ0n) is 10.8. The summed E-state index contributed by atoms with van der Waals surface area (Å²) < 4.78 is 18.5. The van der Waals surface area contributed by atoms with Crippen LogP contribution >= 0.6 is 0 Å². The minimum atomic E-state index is -0.324. The lowest BCUT2D eigenvalue weighted by Gasteiger charge is -2.25. The van der Waals surface area contributed by atoms with Gasteiger partial charge in [0.2, 0.25) is 11.8 Å². The fourth-order valence-corrected chi connectivity index (χ4v) is 2.19. The third-order valence-electron chi connectivity index (χ3n) is 3.13. The van der Waals surface area contributed by atoms with Crippen molar-refractivity contribution < 1.29 is 13.6 Å². The van der Waals surface area contributed by atoms with Crippen LogP contribution in [0.25, 0.3) is 11.5 Å². The van der Waals surface area contributed by atoms with Gasteiger partial charge in [-0.15, -0.1) is 0 Å². The molecule has 5 nitrogen and oxygen atoms in total. The normalized spacial score (nSPS) is 16.1. The van der Waals surface area contributed by atoms with E-state index in [-0.39, 0.29) is 11.7 Å². The highest BCUT2D eigenvalue weighted by atomic mass is 19.1. The molecule has 1 aromatic carbocycles. The molecule has 6 heteroatoms. The molecule has 0 radical (unpaired) electrons. The lowest BCUT2D eigenvalue weighted by molar-refractivity contribution is -0.124. The average Bonchev–Trinajstić information content (AvgIpc) is 2.87. The van der Waals surface area contributed by atoms with Crippen molar-refractivity contribution in [1.29, 1.82) is 0 Å². The topological polar surface area (TPSA) is 58.4 Å². The summed E-state index contributed by atoms with van der Waals surface area (Å²) in [6.45, 7) is 2.34. The zero-order chi connectivity index (χ0) is 13.9. The van der Waals surface area contributed by atoms with Crippen LogP contribution in [0.4, 0.5) is 4.39 Å². The van der Waals surface area contributed by atoms with Crippen LogP contribution in [0.2, 0.25) is 0 Å². The molecule has 1 saturated heterocycles. The molecule has 104 valence electrons. The number of piperazine rings is 1. The van der Waals surface area contributed by atoms with Gasteiger partial charge in [0.15, 0.2) is 0 Å². The van der Waals surface area contributed by atoms with Gasteiger partial charge in [0, 0.05) is 25.2 Å². The first-order valence-electron chi connectivity index (χ1n) is 6.40. The predicted octanol–water partition coefficient (Wildman–Crippen LogP) is 1.41. The first kappa shape index (κ1) is 12.8. The van der Waals surface area contributed by atoms with E-state index in [0.717, 1.165) is 12.2 Å². The Hall–Kier alpha value is -2.21. The van der Waals surface area contributed by atoms with Crippen LogP contribution in [-0.4, -0.2) is 35.4 Å². The Morgan fingerprint density at radius 3 is 3.15 bits per heavy atom. The average molecular weight is 275 g/mol. The summed E-state index contributed by atoms with van der Waals surface area (Å²) in [5, 5.41) is 2.77. The van der Waals surface area contributed by atoms with E-state index in [1.165, 1.54) is 12.1 Å². The molecular formula is C14H14FN3O2. The summed E-state index contributed by atoms with van der Waals surface area (Å²) in [7, 11) is 0. The molecule has 1 aliphatic heterocycles. The Balaban J connectivity index is 1.72. The fourth-order valence-electron chi connectivity index (χ4n) is 2.19. The van der Waals surface area contributed by atoms with Gasteiger partial charge >= 0.3 is 0 Å². The van der Waals surface area contributed by atoms with Crippen LogP contribution in [0, 0.1) is 5.82 Å². The number of hydrogen-bond acceptors (Lipinski definition) is 4. The summed E-state index contributed by atoms with van der Waals surface area (Å²) in [4.78, 5) is 17.6. The van der Waals surface area contributed by atoms with Gasteiger partial charge in [0.25, 0.3) is 0 Å². The number of benzene rings is 1. The molecule has 1 N–H and O–H groups in total. The van der Waals surface area contributed by atoms with Gasteiger partial charge in [-0.1, -0.05) is 6.07 Å². The van der Waals surface area contributed by atoms with Gasteiger partial charge in [-0.05, 0) is 18.2 Å². The molecule has 2 aromatic rings. The van der Waals surface area contributed by atoms with E-state index in [1.54, 1.807) is 18.4 Å². The van der Waals surface area contributed by atoms with E-state index >= 15 is 0 Å². The number of halogens is 1. The second kappa shape index (κ2) is 5.42. The number of hydrogen-bond donors (Lipinski definition) is 1. The number of nitrogens with zero attached hydrogens (tertiary/aromatic N) is 2. The Morgan fingerprint density at radius 2 is 2.35 bits per heavy atom. The van der Waals surface area contributed by atoms with Crippen LogP contribution in [0.3, 0.4) is 0 Å². The van der Waals surface area contributed by atoms with Crippen molar-refractivity contribution >= 4 is 5.91 Å². The molecule has 0 atom stereocenters.